The zero-order chi connectivity index (χ0) is 28.7. The molecule has 0 radical (unpaired) electrons. The smallest absolute Gasteiger partial charge is 0.290 e. The minimum atomic E-state index is -0.568. The highest BCUT2D eigenvalue weighted by Crippen LogP contribution is 2.32. The maximum absolute atomic E-state index is 13.7. The molecule has 0 atom stereocenters. The maximum Gasteiger partial charge on any atom is 0.290 e. The lowest BCUT2D eigenvalue weighted by Crippen LogP contribution is -2.49. The summed E-state index contributed by atoms with van der Waals surface area (Å²) in [5.74, 6) is -1.30. The van der Waals surface area contributed by atoms with Gasteiger partial charge in [-0.1, -0.05) is 31.4 Å². The van der Waals surface area contributed by atoms with E-state index in [4.69, 9.17) is 14.6 Å². The molecule has 40 heavy (non-hydrogen) atoms. The molecule has 2 aliphatic rings. The van der Waals surface area contributed by atoms with E-state index in [2.05, 4.69) is 15.2 Å². The van der Waals surface area contributed by atoms with Gasteiger partial charge in [-0.3, -0.25) is 23.9 Å². The number of amides is 1. The summed E-state index contributed by atoms with van der Waals surface area (Å²) in [6.45, 7) is 5.44. The molecular formula is C29H35FN4O6. The molecule has 2 fully saturated rings. The van der Waals surface area contributed by atoms with Gasteiger partial charge >= 0.3 is 0 Å². The fourth-order valence-corrected chi connectivity index (χ4v) is 5.39. The number of carbonyl (C=O) groups is 2. The highest BCUT2D eigenvalue weighted by atomic mass is 19.1. The lowest BCUT2D eigenvalue weighted by molar-refractivity contribution is -0.122. The van der Waals surface area contributed by atoms with Crippen molar-refractivity contribution in [1.29, 1.82) is 0 Å². The second kappa shape index (κ2) is 13.0. The van der Waals surface area contributed by atoms with Gasteiger partial charge in [0, 0.05) is 43.5 Å². The van der Waals surface area contributed by atoms with Crippen LogP contribution >= 0.6 is 0 Å². The van der Waals surface area contributed by atoms with Gasteiger partial charge in [-0.2, -0.15) is 0 Å². The van der Waals surface area contributed by atoms with E-state index in [-0.39, 0.29) is 23.6 Å². The molecule has 1 aromatic carbocycles. The van der Waals surface area contributed by atoms with E-state index in [1.165, 1.54) is 16.7 Å². The van der Waals surface area contributed by atoms with Crippen LogP contribution in [0.5, 0.6) is 5.75 Å². The number of nitrogens with zero attached hydrogens (tertiary/aromatic N) is 3. The number of morpholine rings is 1. The third-order valence-corrected chi connectivity index (χ3v) is 7.59. The van der Waals surface area contributed by atoms with Crippen molar-refractivity contribution < 1.29 is 28.9 Å². The highest BCUT2D eigenvalue weighted by molar-refractivity contribution is 6.02. The summed E-state index contributed by atoms with van der Waals surface area (Å²) in [4.78, 5) is 42.2. The molecule has 5 rings (SSSR count). The van der Waals surface area contributed by atoms with Gasteiger partial charge in [0.2, 0.25) is 0 Å². The van der Waals surface area contributed by atoms with Gasteiger partial charge in [-0.25, -0.2) is 9.37 Å². The van der Waals surface area contributed by atoms with Crippen LogP contribution in [0.2, 0.25) is 0 Å². The lowest BCUT2D eigenvalue weighted by atomic mass is 9.83. The van der Waals surface area contributed by atoms with Crippen LogP contribution in [-0.4, -0.2) is 75.4 Å². The number of aromatic nitrogens is 2. The Hall–Kier alpha value is -3.83. The van der Waals surface area contributed by atoms with Crippen LogP contribution in [0.1, 0.15) is 49.4 Å². The molecule has 1 amide bonds. The highest BCUT2D eigenvalue weighted by Gasteiger charge is 2.32. The standard InChI is InChI=1S/C28H33FN4O4.CH2O2/c1-28(9-3-2-4-10-28)31-26(35)23-24(34)22-17-20(19-5-7-21(29)8-6-19)18-30-25(22)33(27(23)36)12-11-32-13-15-37-16-14-32;2-1-3/h5-8,17-18,34H,2-4,9-16H2,1H3,(H,31,35);1H,(H,2,3). The van der Waals surface area contributed by atoms with Crippen molar-refractivity contribution >= 4 is 23.4 Å². The van der Waals surface area contributed by atoms with Gasteiger partial charge in [0.1, 0.15) is 22.8 Å². The number of carbonyl (C=O) groups excluding carboxylic acids is 1. The molecule has 0 bridgehead atoms. The van der Waals surface area contributed by atoms with E-state index in [0.717, 1.165) is 45.2 Å². The lowest BCUT2D eigenvalue weighted by Gasteiger charge is -2.34. The van der Waals surface area contributed by atoms with E-state index in [1.54, 1.807) is 24.4 Å². The van der Waals surface area contributed by atoms with Crippen molar-refractivity contribution in [3.63, 3.8) is 0 Å². The van der Waals surface area contributed by atoms with Gasteiger partial charge in [-0.15, -0.1) is 0 Å². The molecule has 1 aliphatic carbocycles. The number of carboxylic acid groups (broad SMARTS) is 1. The van der Waals surface area contributed by atoms with Gasteiger partial charge in [0.15, 0.2) is 0 Å². The Morgan fingerprint density at radius 1 is 1.12 bits per heavy atom. The van der Waals surface area contributed by atoms with Crippen LogP contribution in [0.15, 0.2) is 41.3 Å². The Kier molecular flexibility index (Phi) is 9.49. The normalized spacial score (nSPS) is 17.1. The summed E-state index contributed by atoms with van der Waals surface area (Å²) in [5.41, 5.74) is 0.420. The molecule has 0 spiro atoms. The molecule has 3 heterocycles. The zero-order valence-electron chi connectivity index (χ0n) is 22.6. The number of hydrogen-bond acceptors (Lipinski definition) is 7. The molecular weight excluding hydrogens is 519 g/mol. The first-order chi connectivity index (χ1) is 19.3. The third kappa shape index (κ3) is 6.65. The van der Waals surface area contributed by atoms with Crippen molar-refractivity contribution in [2.24, 2.45) is 0 Å². The summed E-state index contributed by atoms with van der Waals surface area (Å²) in [5, 5.41) is 21.5. The largest absolute Gasteiger partial charge is 0.506 e. The van der Waals surface area contributed by atoms with Crippen molar-refractivity contribution in [3.8, 4) is 16.9 Å². The second-order valence-electron chi connectivity index (χ2n) is 10.4. The second-order valence-corrected chi connectivity index (χ2v) is 10.4. The molecule has 2 aromatic heterocycles. The first kappa shape index (κ1) is 29.2. The average Bonchev–Trinajstić information content (AvgIpc) is 2.94. The molecule has 0 unspecified atom stereocenters. The number of halogens is 1. The summed E-state index contributed by atoms with van der Waals surface area (Å²) in [6, 6.07) is 7.66. The van der Waals surface area contributed by atoms with Gasteiger partial charge in [0.25, 0.3) is 17.9 Å². The van der Waals surface area contributed by atoms with Gasteiger partial charge < -0.3 is 20.3 Å². The van der Waals surface area contributed by atoms with Gasteiger partial charge in [0.05, 0.1) is 18.6 Å². The monoisotopic (exact) mass is 554 g/mol. The van der Waals surface area contributed by atoms with E-state index >= 15 is 0 Å². The number of hydrogen-bond donors (Lipinski definition) is 3. The summed E-state index contributed by atoms with van der Waals surface area (Å²) < 4.78 is 20.4. The fourth-order valence-electron chi connectivity index (χ4n) is 5.39. The van der Waals surface area contributed by atoms with E-state index in [9.17, 15) is 19.1 Å². The summed E-state index contributed by atoms with van der Waals surface area (Å²) >= 11 is 0. The fraction of sp³-hybridized carbons (Fsp3) is 0.448. The van der Waals surface area contributed by atoms with Gasteiger partial charge in [-0.05, 0) is 43.5 Å². The molecule has 214 valence electrons. The van der Waals surface area contributed by atoms with Crippen molar-refractivity contribution in [1.82, 2.24) is 19.8 Å². The number of benzene rings is 1. The number of rotatable bonds is 6. The minimum Gasteiger partial charge on any atom is -0.506 e. The quantitative estimate of drug-likeness (QED) is 0.395. The Morgan fingerprint density at radius 2 is 1.77 bits per heavy atom. The van der Waals surface area contributed by atoms with Crippen molar-refractivity contribution in [3.05, 3.63) is 58.3 Å². The molecule has 10 nitrogen and oxygen atoms in total. The van der Waals surface area contributed by atoms with Crippen LogP contribution in [0.4, 0.5) is 4.39 Å². The number of ether oxygens (including phenoxy) is 1. The molecule has 3 N–H and O–H groups in total. The molecule has 1 saturated heterocycles. The Labute approximate surface area is 231 Å². The van der Waals surface area contributed by atoms with Crippen molar-refractivity contribution in [2.45, 2.75) is 51.1 Å². The maximum atomic E-state index is 13.7. The van der Waals surface area contributed by atoms with E-state index in [0.29, 0.717) is 48.5 Å². The van der Waals surface area contributed by atoms with Crippen LogP contribution < -0.4 is 10.9 Å². The SMILES string of the molecule is CC1(NC(=O)c2c(O)c3cc(-c4ccc(F)cc4)cnc3n(CCN3CCOCC3)c2=O)CCCCC1.O=CO. The molecule has 1 aliphatic heterocycles. The Bertz CT molecular complexity index is 1400. The van der Waals surface area contributed by atoms with Crippen LogP contribution in [0.3, 0.4) is 0 Å². The molecule has 1 saturated carbocycles. The third-order valence-electron chi connectivity index (χ3n) is 7.59. The first-order valence-corrected chi connectivity index (χ1v) is 13.5. The number of aromatic hydroxyl groups is 1. The number of nitrogens with one attached hydrogen (secondary N) is 1. The summed E-state index contributed by atoms with van der Waals surface area (Å²) in [6.07, 6.45) is 6.40. The topological polar surface area (TPSA) is 134 Å². The predicted molar refractivity (Wildman–Crippen MR) is 148 cm³/mol. The van der Waals surface area contributed by atoms with Crippen molar-refractivity contribution in [2.75, 3.05) is 32.8 Å². The number of pyridine rings is 2. The van der Waals surface area contributed by atoms with Crippen LogP contribution in [-0.2, 0) is 16.1 Å². The Balaban J connectivity index is 0.00000118. The molecule has 3 aromatic rings. The summed E-state index contributed by atoms with van der Waals surface area (Å²) in [7, 11) is 0. The van der Waals surface area contributed by atoms with Crippen LogP contribution in [0.25, 0.3) is 22.2 Å². The minimum absolute atomic E-state index is 0.250. The first-order valence-electron chi connectivity index (χ1n) is 13.5. The zero-order valence-corrected chi connectivity index (χ0v) is 22.6. The predicted octanol–water partition coefficient (Wildman–Crippen LogP) is 3.39. The van der Waals surface area contributed by atoms with E-state index in [1.807, 2.05) is 6.92 Å². The van der Waals surface area contributed by atoms with E-state index < -0.39 is 17.0 Å². The average molecular weight is 555 g/mol. The number of fused-ring (bicyclic) bond motifs is 1. The molecule has 11 heteroatoms. The van der Waals surface area contributed by atoms with Crippen LogP contribution in [0, 0.1) is 5.82 Å². The Morgan fingerprint density at radius 3 is 2.42 bits per heavy atom.